The van der Waals surface area contributed by atoms with Crippen molar-refractivity contribution in [1.29, 1.82) is 0 Å². The molecule has 3 heteroatoms. The van der Waals surface area contributed by atoms with Crippen LogP contribution in [0.4, 0.5) is 0 Å². The molecule has 0 heterocycles. The van der Waals surface area contributed by atoms with E-state index >= 15 is 0 Å². The molecule has 2 aromatic carbocycles. The third-order valence-corrected chi connectivity index (χ3v) is 3.29. The van der Waals surface area contributed by atoms with Gasteiger partial charge in [0.15, 0.2) is 0 Å². The van der Waals surface area contributed by atoms with E-state index in [9.17, 15) is 4.79 Å². The number of carbonyl (C=O) groups excluding carboxylic acids is 1. The predicted octanol–water partition coefficient (Wildman–Crippen LogP) is 2.44. The van der Waals surface area contributed by atoms with Crippen molar-refractivity contribution < 1.29 is 4.79 Å². The fraction of sp³-hybridized carbons (Fsp3) is 0.312. The van der Waals surface area contributed by atoms with E-state index < -0.39 is 0 Å². The summed E-state index contributed by atoms with van der Waals surface area (Å²) in [6, 6.07) is 14.4. The lowest BCUT2D eigenvalue weighted by Gasteiger charge is -2.10. The van der Waals surface area contributed by atoms with Crippen LogP contribution < -0.4 is 11.1 Å². The van der Waals surface area contributed by atoms with Crippen molar-refractivity contribution in [2.75, 3.05) is 6.54 Å². The second-order valence-corrected chi connectivity index (χ2v) is 4.96. The van der Waals surface area contributed by atoms with Gasteiger partial charge < -0.3 is 11.1 Å². The summed E-state index contributed by atoms with van der Waals surface area (Å²) in [5, 5.41) is 5.35. The smallest absolute Gasteiger partial charge is 0.220 e. The van der Waals surface area contributed by atoms with Crippen LogP contribution in [0.15, 0.2) is 42.5 Å². The molecule has 3 N–H and O–H groups in total. The molecule has 1 atom stereocenters. The zero-order chi connectivity index (χ0) is 13.7. The summed E-state index contributed by atoms with van der Waals surface area (Å²) in [6.07, 6.45) is 0.487. The highest BCUT2D eigenvalue weighted by Crippen LogP contribution is 2.18. The lowest BCUT2D eigenvalue weighted by Crippen LogP contribution is -2.26. The molecular weight excluding hydrogens is 236 g/mol. The minimum Gasteiger partial charge on any atom is -0.352 e. The van der Waals surface area contributed by atoms with Crippen molar-refractivity contribution in [2.45, 2.75) is 19.9 Å². The minimum absolute atomic E-state index is 0.0610. The maximum absolute atomic E-state index is 11.8. The number of amides is 1. The zero-order valence-corrected chi connectivity index (χ0v) is 11.2. The fourth-order valence-corrected chi connectivity index (χ4v) is 2.11. The summed E-state index contributed by atoms with van der Waals surface area (Å²) in [6.45, 7) is 3.09. The topological polar surface area (TPSA) is 55.1 Å². The summed E-state index contributed by atoms with van der Waals surface area (Å²) in [7, 11) is 0. The molecule has 0 saturated heterocycles. The van der Waals surface area contributed by atoms with Gasteiger partial charge in [-0.05, 0) is 28.8 Å². The van der Waals surface area contributed by atoms with Gasteiger partial charge in [-0.1, -0.05) is 49.4 Å². The van der Waals surface area contributed by atoms with Gasteiger partial charge in [0.1, 0.15) is 0 Å². The van der Waals surface area contributed by atoms with E-state index in [0.29, 0.717) is 19.5 Å². The third kappa shape index (κ3) is 3.55. The van der Waals surface area contributed by atoms with E-state index in [1.807, 2.05) is 25.1 Å². The molecule has 0 radical (unpaired) electrons. The highest BCUT2D eigenvalue weighted by atomic mass is 16.1. The highest BCUT2D eigenvalue weighted by molar-refractivity contribution is 5.86. The maximum Gasteiger partial charge on any atom is 0.220 e. The average Bonchev–Trinajstić information content (AvgIpc) is 2.44. The van der Waals surface area contributed by atoms with Crippen molar-refractivity contribution in [2.24, 2.45) is 11.7 Å². The molecule has 0 bridgehead atoms. The van der Waals surface area contributed by atoms with Crippen molar-refractivity contribution in [3.05, 3.63) is 48.0 Å². The average molecular weight is 256 g/mol. The molecule has 0 aliphatic heterocycles. The van der Waals surface area contributed by atoms with Gasteiger partial charge >= 0.3 is 0 Å². The van der Waals surface area contributed by atoms with Gasteiger partial charge in [-0.2, -0.15) is 0 Å². The molecule has 1 unspecified atom stereocenters. The molecule has 3 nitrogen and oxygen atoms in total. The van der Waals surface area contributed by atoms with Gasteiger partial charge in [0.25, 0.3) is 0 Å². The largest absolute Gasteiger partial charge is 0.352 e. The lowest BCUT2D eigenvalue weighted by atomic mass is 10.0. The van der Waals surface area contributed by atoms with Crippen LogP contribution in [0.1, 0.15) is 18.9 Å². The van der Waals surface area contributed by atoms with E-state index in [0.717, 1.165) is 5.56 Å². The van der Waals surface area contributed by atoms with Crippen LogP contribution in [-0.4, -0.2) is 12.5 Å². The molecule has 2 aromatic rings. The van der Waals surface area contributed by atoms with Gasteiger partial charge in [-0.15, -0.1) is 0 Å². The number of carbonyl (C=O) groups is 1. The Kier molecular flexibility index (Phi) is 4.53. The molecular formula is C16H20N2O. The molecule has 1 amide bonds. The Hall–Kier alpha value is -1.87. The Balaban J connectivity index is 2.04. The minimum atomic E-state index is 0.0610. The molecule has 19 heavy (non-hydrogen) atoms. The molecule has 0 aromatic heterocycles. The summed E-state index contributed by atoms with van der Waals surface area (Å²) < 4.78 is 0. The molecule has 0 aliphatic rings. The van der Waals surface area contributed by atoms with E-state index in [1.54, 1.807) is 0 Å². The number of hydrogen-bond donors (Lipinski definition) is 2. The second-order valence-electron chi connectivity index (χ2n) is 4.96. The standard InChI is InChI=1S/C16H20N2O/c1-12(10-17)9-16(19)18-11-14-7-4-6-13-5-2-3-8-15(13)14/h2-8,12H,9-11,17H2,1H3,(H,18,19). The Labute approximate surface area is 113 Å². The van der Waals surface area contributed by atoms with Crippen molar-refractivity contribution in [3.8, 4) is 0 Å². The van der Waals surface area contributed by atoms with Gasteiger partial charge in [-0.25, -0.2) is 0 Å². The van der Waals surface area contributed by atoms with Crippen molar-refractivity contribution in [1.82, 2.24) is 5.32 Å². The molecule has 100 valence electrons. The summed E-state index contributed by atoms with van der Waals surface area (Å²) in [5.74, 6) is 0.290. The number of fused-ring (bicyclic) bond motifs is 1. The second kappa shape index (κ2) is 6.34. The fourth-order valence-electron chi connectivity index (χ4n) is 2.11. The molecule has 0 saturated carbocycles. The van der Waals surface area contributed by atoms with Crippen LogP contribution in [0.2, 0.25) is 0 Å². The first-order valence-corrected chi connectivity index (χ1v) is 6.64. The quantitative estimate of drug-likeness (QED) is 0.863. The molecule has 2 rings (SSSR count). The number of benzene rings is 2. The van der Waals surface area contributed by atoms with Crippen LogP contribution in [0.5, 0.6) is 0 Å². The van der Waals surface area contributed by atoms with Crippen LogP contribution in [0.25, 0.3) is 10.8 Å². The van der Waals surface area contributed by atoms with Gasteiger partial charge in [-0.3, -0.25) is 4.79 Å². The normalized spacial score (nSPS) is 12.3. The Morgan fingerprint density at radius 2 is 1.95 bits per heavy atom. The van der Waals surface area contributed by atoms with Crippen LogP contribution in [0.3, 0.4) is 0 Å². The summed E-state index contributed by atoms with van der Waals surface area (Å²) in [5.41, 5.74) is 6.67. The van der Waals surface area contributed by atoms with E-state index in [-0.39, 0.29) is 11.8 Å². The van der Waals surface area contributed by atoms with Gasteiger partial charge in [0, 0.05) is 13.0 Å². The Morgan fingerprint density at radius 3 is 2.74 bits per heavy atom. The predicted molar refractivity (Wildman–Crippen MR) is 78.6 cm³/mol. The molecule has 0 fully saturated rings. The highest BCUT2D eigenvalue weighted by Gasteiger charge is 2.07. The SMILES string of the molecule is CC(CN)CC(=O)NCc1cccc2ccccc12. The van der Waals surface area contributed by atoms with E-state index in [4.69, 9.17) is 5.73 Å². The number of nitrogens with one attached hydrogen (secondary N) is 1. The monoisotopic (exact) mass is 256 g/mol. The Morgan fingerprint density at radius 1 is 1.21 bits per heavy atom. The summed E-state index contributed by atoms with van der Waals surface area (Å²) >= 11 is 0. The van der Waals surface area contributed by atoms with Crippen LogP contribution in [-0.2, 0) is 11.3 Å². The van der Waals surface area contributed by atoms with Gasteiger partial charge in [0.05, 0.1) is 0 Å². The van der Waals surface area contributed by atoms with Crippen molar-refractivity contribution in [3.63, 3.8) is 0 Å². The summed E-state index contributed by atoms with van der Waals surface area (Å²) in [4.78, 5) is 11.8. The number of hydrogen-bond acceptors (Lipinski definition) is 2. The zero-order valence-electron chi connectivity index (χ0n) is 11.2. The first-order chi connectivity index (χ1) is 9.20. The number of rotatable bonds is 5. The lowest BCUT2D eigenvalue weighted by molar-refractivity contribution is -0.122. The van der Waals surface area contributed by atoms with Gasteiger partial charge in [0.2, 0.25) is 5.91 Å². The van der Waals surface area contributed by atoms with E-state index in [2.05, 4.69) is 29.6 Å². The number of nitrogens with two attached hydrogens (primary N) is 1. The first-order valence-electron chi connectivity index (χ1n) is 6.64. The van der Waals surface area contributed by atoms with E-state index in [1.165, 1.54) is 10.8 Å². The third-order valence-electron chi connectivity index (χ3n) is 3.29. The molecule has 0 spiro atoms. The first kappa shape index (κ1) is 13.6. The van der Waals surface area contributed by atoms with Crippen LogP contribution >= 0.6 is 0 Å². The van der Waals surface area contributed by atoms with Crippen molar-refractivity contribution >= 4 is 16.7 Å². The van der Waals surface area contributed by atoms with Crippen LogP contribution in [0, 0.1) is 5.92 Å². The Bertz CT molecular complexity index is 560. The maximum atomic E-state index is 11.8. The molecule has 0 aliphatic carbocycles.